The van der Waals surface area contributed by atoms with Crippen molar-refractivity contribution >= 4 is 5.91 Å². The van der Waals surface area contributed by atoms with E-state index in [1.807, 2.05) is 4.90 Å². The third-order valence-electron chi connectivity index (χ3n) is 4.27. The van der Waals surface area contributed by atoms with Crippen LogP contribution in [0.5, 0.6) is 0 Å². The van der Waals surface area contributed by atoms with Gasteiger partial charge in [0.25, 0.3) is 0 Å². The molecule has 1 saturated heterocycles. The Kier molecular flexibility index (Phi) is 4.84. The second-order valence-corrected chi connectivity index (χ2v) is 5.64. The van der Waals surface area contributed by atoms with Crippen molar-refractivity contribution in [2.75, 3.05) is 13.1 Å². The van der Waals surface area contributed by atoms with Gasteiger partial charge in [0.2, 0.25) is 5.91 Å². The molecular weight excluding hydrogens is 212 g/mol. The Balaban J connectivity index is 1.71. The summed E-state index contributed by atoms with van der Waals surface area (Å²) in [7, 11) is 0. The Morgan fingerprint density at radius 1 is 0.941 bits per heavy atom. The normalized spacial score (nSPS) is 24.6. The average Bonchev–Trinajstić information content (AvgIpc) is 2.58. The van der Waals surface area contributed by atoms with Gasteiger partial charge in [-0.3, -0.25) is 4.79 Å². The number of rotatable bonds is 2. The molecule has 1 amide bonds. The van der Waals surface area contributed by atoms with Crippen LogP contribution >= 0.6 is 0 Å². The third kappa shape index (κ3) is 3.98. The van der Waals surface area contributed by atoms with Gasteiger partial charge in [0.05, 0.1) is 0 Å². The van der Waals surface area contributed by atoms with Crippen molar-refractivity contribution in [3.8, 4) is 0 Å². The van der Waals surface area contributed by atoms with Crippen molar-refractivity contribution in [2.45, 2.75) is 70.4 Å². The van der Waals surface area contributed by atoms with E-state index in [-0.39, 0.29) is 5.91 Å². The summed E-state index contributed by atoms with van der Waals surface area (Å²) < 4.78 is 0. The van der Waals surface area contributed by atoms with E-state index in [0.29, 0.717) is 6.04 Å². The van der Waals surface area contributed by atoms with Crippen LogP contribution in [0.3, 0.4) is 0 Å². The lowest BCUT2D eigenvalue weighted by atomic mass is 10.0. The number of nitrogens with zero attached hydrogens (tertiary/aromatic N) is 1. The molecule has 0 aromatic heterocycles. The van der Waals surface area contributed by atoms with Gasteiger partial charge in [0.15, 0.2) is 0 Å². The largest absolute Gasteiger partial charge is 0.343 e. The first kappa shape index (κ1) is 12.9. The average molecular weight is 238 g/mol. The summed E-state index contributed by atoms with van der Waals surface area (Å²) in [6.07, 6.45) is 10.6. The molecule has 3 nitrogen and oxygen atoms in total. The van der Waals surface area contributed by atoms with Crippen LogP contribution in [0.2, 0.25) is 0 Å². The molecule has 2 aliphatic rings. The second-order valence-electron chi connectivity index (χ2n) is 5.64. The van der Waals surface area contributed by atoms with Gasteiger partial charge < -0.3 is 10.2 Å². The van der Waals surface area contributed by atoms with Gasteiger partial charge in [-0.25, -0.2) is 0 Å². The number of nitrogens with one attached hydrogen (secondary N) is 1. The zero-order valence-electron chi connectivity index (χ0n) is 11.1. The molecule has 1 aliphatic carbocycles. The van der Waals surface area contributed by atoms with E-state index in [1.165, 1.54) is 38.5 Å². The highest BCUT2D eigenvalue weighted by Crippen LogP contribution is 2.19. The van der Waals surface area contributed by atoms with Crippen LogP contribution in [0.15, 0.2) is 0 Å². The molecule has 0 aromatic carbocycles. The van der Waals surface area contributed by atoms with Gasteiger partial charge in [-0.05, 0) is 25.7 Å². The van der Waals surface area contributed by atoms with Crippen molar-refractivity contribution < 1.29 is 4.79 Å². The fourth-order valence-electron chi connectivity index (χ4n) is 3.14. The van der Waals surface area contributed by atoms with Gasteiger partial charge in [0, 0.05) is 32.1 Å². The summed E-state index contributed by atoms with van der Waals surface area (Å²) >= 11 is 0. The quantitative estimate of drug-likeness (QED) is 0.749. The van der Waals surface area contributed by atoms with Crippen molar-refractivity contribution in [1.82, 2.24) is 10.2 Å². The second kappa shape index (κ2) is 6.39. The number of piperidine rings is 1. The highest BCUT2D eigenvalue weighted by atomic mass is 16.2. The zero-order chi connectivity index (χ0) is 12.1. The molecule has 2 fully saturated rings. The number of carbonyl (C=O) groups excluding carboxylic acids is 1. The Bertz CT molecular complexity index is 239. The molecule has 98 valence electrons. The van der Waals surface area contributed by atoms with Crippen molar-refractivity contribution in [3.63, 3.8) is 0 Å². The summed E-state index contributed by atoms with van der Waals surface area (Å²) in [5, 5.41) is 3.82. The highest BCUT2D eigenvalue weighted by molar-refractivity contribution is 5.73. The molecule has 1 aliphatic heterocycles. The van der Waals surface area contributed by atoms with Crippen molar-refractivity contribution in [3.05, 3.63) is 0 Å². The van der Waals surface area contributed by atoms with E-state index in [9.17, 15) is 4.79 Å². The standard InChI is InChI=1S/C14H26N2O/c1-12(17)16-10-8-14(9-11-16)15-13-6-4-2-3-5-7-13/h13-15H,2-11H2,1H3. The molecule has 1 heterocycles. The predicted octanol–water partition coefficient (Wildman–Crippen LogP) is 2.31. The molecular formula is C14H26N2O. The third-order valence-corrected chi connectivity index (χ3v) is 4.27. The summed E-state index contributed by atoms with van der Waals surface area (Å²) in [6, 6.07) is 1.39. The minimum absolute atomic E-state index is 0.234. The first-order valence-corrected chi connectivity index (χ1v) is 7.27. The van der Waals surface area contributed by atoms with E-state index >= 15 is 0 Å². The number of hydrogen-bond acceptors (Lipinski definition) is 2. The van der Waals surface area contributed by atoms with E-state index < -0.39 is 0 Å². The molecule has 0 atom stereocenters. The van der Waals surface area contributed by atoms with Crippen LogP contribution in [0.25, 0.3) is 0 Å². The topological polar surface area (TPSA) is 32.3 Å². The smallest absolute Gasteiger partial charge is 0.219 e. The zero-order valence-corrected chi connectivity index (χ0v) is 11.1. The molecule has 1 N–H and O–H groups in total. The van der Waals surface area contributed by atoms with Crippen LogP contribution in [-0.2, 0) is 4.79 Å². The number of carbonyl (C=O) groups is 1. The monoisotopic (exact) mass is 238 g/mol. The van der Waals surface area contributed by atoms with Crippen molar-refractivity contribution in [1.29, 1.82) is 0 Å². The van der Waals surface area contributed by atoms with Gasteiger partial charge in [-0.1, -0.05) is 25.7 Å². The lowest BCUT2D eigenvalue weighted by Crippen LogP contribution is -2.47. The fraction of sp³-hybridized carbons (Fsp3) is 0.929. The first-order chi connectivity index (χ1) is 8.25. The maximum atomic E-state index is 11.2. The minimum Gasteiger partial charge on any atom is -0.343 e. The maximum absolute atomic E-state index is 11.2. The lowest BCUT2D eigenvalue weighted by Gasteiger charge is -2.34. The highest BCUT2D eigenvalue weighted by Gasteiger charge is 2.23. The van der Waals surface area contributed by atoms with E-state index in [4.69, 9.17) is 0 Å². The maximum Gasteiger partial charge on any atom is 0.219 e. The van der Waals surface area contributed by atoms with Gasteiger partial charge in [-0.2, -0.15) is 0 Å². The fourth-order valence-corrected chi connectivity index (χ4v) is 3.14. The van der Waals surface area contributed by atoms with E-state index in [1.54, 1.807) is 6.92 Å². The van der Waals surface area contributed by atoms with Crippen LogP contribution < -0.4 is 5.32 Å². The number of likely N-dealkylation sites (tertiary alicyclic amines) is 1. The number of hydrogen-bond donors (Lipinski definition) is 1. The molecule has 0 radical (unpaired) electrons. The first-order valence-electron chi connectivity index (χ1n) is 7.27. The van der Waals surface area contributed by atoms with Gasteiger partial charge >= 0.3 is 0 Å². The Morgan fingerprint density at radius 3 is 2.00 bits per heavy atom. The van der Waals surface area contributed by atoms with Crippen LogP contribution in [0.4, 0.5) is 0 Å². The Morgan fingerprint density at radius 2 is 1.47 bits per heavy atom. The molecule has 0 aromatic rings. The van der Waals surface area contributed by atoms with E-state index in [2.05, 4.69) is 5.32 Å². The van der Waals surface area contributed by atoms with E-state index in [0.717, 1.165) is 32.0 Å². The minimum atomic E-state index is 0.234. The molecule has 3 heteroatoms. The SMILES string of the molecule is CC(=O)N1CCC(NC2CCCCCC2)CC1. The lowest BCUT2D eigenvalue weighted by molar-refractivity contribution is -0.129. The summed E-state index contributed by atoms with van der Waals surface area (Å²) in [4.78, 5) is 13.2. The summed E-state index contributed by atoms with van der Waals surface area (Å²) in [5.41, 5.74) is 0. The van der Waals surface area contributed by atoms with Gasteiger partial charge in [0.1, 0.15) is 0 Å². The van der Waals surface area contributed by atoms with Crippen LogP contribution in [0.1, 0.15) is 58.3 Å². The molecule has 17 heavy (non-hydrogen) atoms. The molecule has 0 unspecified atom stereocenters. The predicted molar refractivity (Wildman–Crippen MR) is 69.9 cm³/mol. The van der Waals surface area contributed by atoms with Gasteiger partial charge in [-0.15, -0.1) is 0 Å². The molecule has 2 rings (SSSR count). The number of amides is 1. The Labute approximate surface area is 105 Å². The molecule has 0 bridgehead atoms. The summed E-state index contributed by atoms with van der Waals surface area (Å²) in [6.45, 7) is 3.57. The molecule has 0 spiro atoms. The van der Waals surface area contributed by atoms with Crippen molar-refractivity contribution in [2.24, 2.45) is 0 Å². The molecule has 1 saturated carbocycles. The van der Waals surface area contributed by atoms with Crippen LogP contribution in [0, 0.1) is 0 Å². The van der Waals surface area contributed by atoms with Crippen LogP contribution in [-0.4, -0.2) is 36.0 Å². The Hall–Kier alpha value is -0.570. The summed E-state index contributed by atoms with van der Waals surface area (Å²) in [5.74, 6) is 0.234.